The van der Waals surface area contributed by atoms with Crippen LogP contribution < -0.4 is 4.72 Å². The molecular weight excluding hydrogens is 190 g/mol. The molecule has 1 aliphatic heterocycles. The molecule has 1 N–H and O–H groups in total. The van der Waals surface area contributed by atoms with Crippen molar-refractivity contribution < 1.29 is 13.2 Å². The Labute approximate surface area is 79.7 Å². The lowest BCUT2D eigenvalue weighted by molar-refractivity contribution is 0.0136. The van der Waals surface area contributed by atoms with Crippen LogP contribution in [-0.2, 0) is 14.8 Å². The summed E-state index contributed by atoms with van der Waals surface area (Å²) < 4.78 is 30.3. The zero-order valence-corrected chi connectivity index (χ0v) is 8.93. The van der Waals surface area contributed by atoms with Crippen molar-refractivity contribution in [3.8, 4) is 0 Å². The highest BCUT2D eigenvalue weighted by Crippen LogP contribution is 2.13. The van der Waals surface area contributed by atoms with E-state index in [1.165, 1.54) is 0 Å². The third-order valence-corrected chi connectivity index (χ3v) is 3.68. The Morgan fingerprint density at radius 3 is 2.62 bits per heavy atom. The Hall–Kier alpha value is -0.130. The van der Waals surface area contributed by atoms with Crippen molar-refractivity contribution in [1.82, 2.24) is 4.72 Å². The number of sulfonamides is 1. The van der Waals surface area contributed by atoms with Gasteiger partial charge in [0.25, 0.3) is 0 Å². The smallest absolute Gasteiger partial charge is 0.211 e. The second-order valence-corrected chi connectivity index (χ2v) is 5.48. The van der Waals surface area contributed by atoms with E-state index in [-0.39, 0.29) is 17.9 Å². The van der Waals surface area contributed by atoms with Gasteiger partial charge >= 0.3 is 0 Å². The van der Waals surface area contributed by atoms with Gasteiger partial charge in [-0.15, -0.1) is 0 Å². The van der Waals surface area contributed by atoms with Crippen molar-refractivity contribution in [3.05, 3.63) is 0 Å². The van der Waals surface area contributed by atoms with Crippen LogP contribution in [0.4, 0.5) is 0 Å². The van der Waals surface area contributed by atoms with Crippen LogP contribution in [0.3, 0.4) is 0 Å². The fourth-order valence-electron chi connectivity index (χ4n) is 1.31. The summed E-state index contributed by atoms with van der Waals surface area (Å²) in [6, 6.07) is -0.0267. The van der Waals surface area contributed by atoms with Crippen LogP contribution in [0.2, 0.25) is 0 Å². The predicted molar refractivity (Wildman–Crippen MR) is 51.0 cm³/mol. The van der Waals surface area contributed by atoms with Crippen LogP contribution in [-0.4, -0.2) is 32.9 Å². The van der Waals surface area contributed by atoms with Crippen LogP contribution in [0.15, 0.2) is 0 Å². The maximum atomic E-state index is 11.2. The van der Waals surface area contributed by atoms with E-state index < -0.39 is 10.0 Å². The van der Waals surface area contributed by atoms with Crippen LogP contribution in [0.25, 0.3) is 0 Å². The SMILES string of the molecule is CCS(=O)(=O)N[C@@H]1CC[C@@H](C)OC1. The molecule has 0 spiro atoms. The second-order valence-electron chi connectivity index (χ2n) is 3.44. The molecule has 1 fully saturated rings. The molecule has 0 unspecified atom stereocenters. The summed E-state index contributed by atoms with van der Waals surface area (Å²) in [6.07, 6.45) is 2.07. The third kappa shape index (κ3) is 3.62. The molecule has 0 aromatic rings. The number of ether oxygens (including phenoxy) is 1. The predicted octanol–water partition coefficient (Wildman–Crippen LogP) is 0.493. The molecule has 0 radical (unpaired) electrons. The van der Waals surface area contributed by atoms with Gasteiger partial charge in [0.05, 0.1) is 18.5 Å². The molecule has 0 aromatic carbocycles. The van der Waals surface area contributed by atoms with E-state index in [4.69, 9.17) is 4.74 Å². The van der Waals surface area contributed by atoms with E-state index in [0.29, 0.717) is 6.61 Å². The summed E-state index contributed by atoms with van der Waals surface area (Å²) in [5.74, 6) is 0.138. The fraction of sp³-hybridized carbons (Fsp3) is 1.00. The van der Waals surface area contributed by atoms with Gasteiger partial charge in [-0.05, 0) is 26.7 Å². The van der Waals surface area contributed by atoms with Gasteiger partial charge in [-0.3, -0.25) is 0 Å². The van der Waals surface area contributed by atoms with Crippen molar-refractivity contribution >= 4 is 10.0 Å². The molecule has 0 saturated carbocycles. The van der Waals surface area contributed by atoms with Crippen molar-refractivity contribution in [1.29, 1.82) is 0 Å². The fourth-order valence-corrected chi connectivity index (χ4v) is 2.17. The summed E-state index contributed by atoms with van der Waals surface area (Å²) >= 11 is 0. The van der Waals surface area contributed by atoms with E-state index in [0.717, 1.165) is 12.8 Å². The van der Waals surface area contributed by atoms with Crippen LogP contribution in [0.1, 0.15) is 26.7 Å². The van der Waals surface area contributed by atoms with Gasteiger partial charge < -0.3 is 4.74 Å². The van der Waals surface area contributed by atoms with Crippen LogP contribution >= 0.6 is 0 Å². The quantitative estimate of drug-likeness (QED) is 0.733. The Kier molecular flexibility index (Phi) is 3.70. The highest BCUT2D eigenvalue weighted by molar-refractivity contribution is 7.89. The van der Waals surface area contributed by atoms with Gasteiger partial charge in [0.1, 0.15) is 0 Å². The lowest BCUT2D eigenvalue weighted by atomic mass is 10.1. The third-order valence-electron chi connectivity index (χ3n) is 2.23. The molecule has 13 heavy (non-hydrogen) atoms. The Balaban J connectivity index is 2.39. The Morgan fingerprint density at radius 1 is 1.46 bits per heavy atom. The molecule has 1 rings (SSSR count). The first-order chi connectivity index (χ1) is 6.03. The number of hydrogen-bond acceptors (Lipinski definition) is 3. The molecule has 0 aliphatic carbocycles. The van der Waals surface area contributed by atoms with E-state index in [1.54, 1.807) is 6.92 Å². The minimum Gasteiger partial charge on any atom is -0.377 e. The molecule has 5 heteroatoms. The van der Waals surface area contributed by atoms with Gasteiger partial charge in [0.15, 0.2) is 0 Å². The molecule has 1 aliphatic rings. The van der Waals surface area contributed by atoms with Crippen molar-refractivity contribution in [2.24, 2.45) is 0 Å². The minimum absolute atomic E-state index is 0.0267. The lowest BCUT2D eigenvalue weighted by Crippen LogP contribution is -2.42. The van der Waals surface area contributed by atoms with E-state index >= 15 is 0 Å². The Morgan fingerprint density at radius 2 is 2.15 bits per heavy atom. The monoisotopic (exact) mass is 207 g/mol. The summed E-state index contributed by atoms with van der Waals surface area (Å²) in [4.78, 5) is 0. The molecule has 1 heterocycles. The normalized spacial score (nSPS) is 30.3. The minimum atomic E-state index is -3.07. The van der Waals surface area contributed by atoms with E-state index in [1.807, 2.05) is 6.92 Å². The number of rotatable bonds is 3. The Bertz CT molecular complexity index is 242. The first-order valence-corrected chi connectivity index (χ1v) is 6.30. The summed E-state index contributed by atoms with van der Waals surface area (Å²) in [5.41, 5.74) is 0. The first-order valence-electron chi connectivity index (χ1n) is 4.65. The molecule has 4 nitrogen and oxygen atoms in total. The molecule has 0 amide bonds. The van der Waals surface area contributed by atoms with Gasteiger partial charge in [-0.1, -0.05) is 0 Å². The first kappa shape index (κ1) is 10.9. The maximum absolute atomic E-state index is 11.2. The summed E-state index contributed by atoms with van der Waals surface area (Å²) in [7, 11) is -3.07. The largest absolute Gasteiger partial charge is 0.377 e. The van der Waals surface area contributed by atoms with Gasteiger partial charge in [0, 0.05) is 6.04 Å². The molecule has 0 bridgehead atoms. The average Bonchev–Trinajstić information content (AvgIpc) is 2.09. The number of nitrogens with one attached hydrogen (secondary N) is 1. The molecular formula is C8H17NO3S. The zero-order chi connectivity index (χ0) is 9.90. The summed E-state index contributed by atoms with van der Waals surface area (Å²) in [6.45, 7) is 4.14. The molecule has 0 aromatic heterocycles. The van der Waals surface area contributed by atoms with Crippen molar-refractivity contribution in [3.63, 3.8) is 0 Å². The summed E-state index contributed by atoms with van der Waals surface area (Å²) in [5, 5.41) is 0. The van der Waals surface area contributed by atoms with E-state index in [9.17, 15) is 8.42 Å². The van der Waals surface area contributed by atoms with E-state index in [2.05, 4.69) is 4.72 Å². The van der Waals surface area contributed by atoms with Gasteiger partial charge in [0.2, 0.25) is 10.0 Å². The highest BCUT2D eigenvalue weighted by Gasteiger charge is 2.22. The zero-order valence-electron chi connectivity index (χ0n) is 8.12. The molecule has 78 valence electrons. The maximum Gasteiger partial charge on any atom is 0.211 e. The van der Waals surface area contributed by atoms with Crippen molar-refractivity contribution in [2.75, 3.05) is 12.4 Å². The topological polar surface area (TPSA) is 55.4 Å². The molecule has 2 atom stereocenters. The standard InChI is InChI=1S/C8H17NO3S/c1-3-13(10,11)9-8-5-4-7(2)12-6-8/h7-9H,3-6H2,1-2H3/t7-,8-/m1/s1. The average molecular weight is 207 g/mol. The van der Waals surface area contributed by atoms with Crippen LogP contribution in [0, 0.1) is 0 Å². The van der Waals surface area contributed by atoms with Crippen LogP contribution in [0.5, 0.6) is 0 Å². The highest BCUT2D eigenvalue weighted by atomic mass is 32.2. The molecule has 1 saturated heterocycles. The van der Waals surface area contributed by atoms with Gasteiger partial charge in [-0.25, -0.2) is 13.1 Å². The second kappa shape index (κ2) is 4.39. The number of hydrogen-bond donors (Lipinski definition) is 1. The lowest BCUT2D eigenvalue weighted by Gasteiger charge is -2.27. The van der Waals surface area contributed by atoms with Gasteiger partial charge in [-0.2, -0.15) is 0 Å². The van der Waals surface area contributed by atoms with Crippen molar-refractivity contribution in [2.45, 2.75) is 38.8 Å².